The Labute approximate surface area is 403 Å². The number of hydrogen-bond donors (Lipinski definition) is 1. The second-order valence-electron chi connectivity index (χ2n) is 20.0. The molecule has 8 heteroatoms. The van der Waals surface area contributed by atoms with Crippen LogP contribution in [0.4, 0.5) is 0 Å². The van der Waals surface area contributed by atoms with Crippen molar-refractivity contribution < 1.29 is 24.2 Å². The van der Waals surface area contributed by atoms with Gasteiger partial charge in [0.2, 0.25) is 0 Å². The van der Waals surface area contributed by atoms with Crippen molar-refractivity contribution in [1.82, 2.24) is 14.5 Å². The van der Waals surface area contributed by atoms with Crippen LogP contribution in [0, 0.1) is 0 Å². The number of aliphatic hydroxyl groups excluding tert-OH is 1. The minimum atomic E-state index is -0.355. The molecule has 1 aromatic rings. The van der Waals surface area contributed by atoms with Crippen LogP contribution < -0.4 is 0 Å². The van der Waals surface area contributed by atoms with Gasteiger partial charge in [0.15, 0.2) is 0 Å². The van der Waals surface area contributed by atoms with Crippen molar-refractivity contribution in [3.8, 4) is 0 Å². The van der Waals surface area contributed by atoms with Crippen LogP contribution in [0.2, 0.25) is 0 Å². The number of aryl methyl sites for hydroxylation is 1. The molecule has 0 amide bonds. The molecule has 0 radical (unpaired) electrons. The van der Waals surface area contributed by atoms with E-state index in [9.17, 15) is 14.7 Å². The molecule has 0 spiro atoms. The smallest absolute Gasteiger partial charge is 0.306 e. The molecule has 1 atom stereocenters. The summed E-state index contributed by atoms with van der Waals surface area (Å²) in [5, 5.41) is 11.1. The van der Waals surface area contributed by atoms with E-state index in [1.165, 1.54) is 141 Å². The van der Waals surface area contributed by atoms with Crippen LogP contribution in [0.1, 0.15) is 291 Å². The van der Waals surface area contributed by atoms with Crippen LogP contribution in [-0.2, 0) is 25.6 Å². The predicted octanol–water partition coefficient (Wildman–Crippen LogP) is 16.4. The number of imidazole rings is 1. The van der Waals surface area contributed by atoms with Gasteiger partial charge in [0, 0.05) is 38.3 Å². The predicted molar refractivity (Wildman–Crippen MR) is 276 cm³/mol. The highest BCUT2D eigenvalue weighted by molar-refractivity contribution is 5.69. The van der Waals surface area contributed by atoms with E-state index < -0.39 is 0 Å². The maximum atomic E-state index is 12.9. The maximum absolute atomic E-state index is 12.9. The van der Waals surface area contributed by atoms with E-state index in [0.29, 0.717) is 19.4 Å². The highest BCUT2D eigenvalue weighted by Gasteiger charge is 2.17. The molecule has 0 aliphatic carbocycles. The number of rotatable bonds is 51. The van der Waals surface area contributed by atoms with Crippen molar-refractivity contribution in [2.24, 2.45) is 0 Å². The lowest BCUT2D eigenvalue weighted by molar-refractivity contribution is -0.151. The van der Waals surface area contributed by atoms with Gasteiger partial charge in [-0.15, -0.1) is 0 Å². The molecule has 0 fully saturated rings. The molecule has 0 aliphatic heterocycles. The van der Waals surface area contributed by atoms with Gasteiger partial charge in [-0.3, -0.25) is 9.59 Å². The summed E-state index contributed by atoms with van der Waals surface area (Å²) < 4.78 is 14.3. The standard InChI is InChI=1S/C57H109N3O5/c1-5-9-13-17-22-30-40-54(41-31-23-18-14-10-6-2)64-56(62)44-34-26-21-27-36-47-59(48-37-38-49-60-50-46-58-52-60)51-53(61)39-29-28-35-45-57(63)65-55(42-32-24-19-15-11-7-3)43-33-25-20-16-12-8-4/h46,50,52-55,61H,5-45,47-49,51H2,1-4H3. The van der Waals surface area contributed by atoms with Crippen LogP contribution in [0.5, 0.6) is 0 Å². The van der Waals surface area contributed by atoms with E-state index in [-0.39, 0.29) is 30.3 Å². The molecule has 0 aliphatic rings. The van der Waals surface area contributed by atoms with Crippen LogP contribution in [0.3, 0.4) is 0 Å². The van der Waals surface area contributed by atoms with Crippen LogP contribution in [0.25, 0.3) is 0 Å². The molecule has 1 heterocycles. The number of nitrogens with zero attached hydrogens (tertiary/aromatic N) is 3. The summed E-state index contributed by atoms with van der Waals surface area (Å²) in [5.74, 6) is -0.0189. The van der Waals surface area contributed by atoms with Crippen molar-refractivity contribution >= 4 is 11.9 Å². The third-order valence-electron chi connectivity index (χ3n) is 13.6. The number of aromatic nitrogens is 2. The molecular weight excluding hydrogens is 807 g/mol. The highest BCUT2D eigenvalue weighted by atomic mass is 16.5. The zero-order chi connectivity index (χ0) is 47.1. The molecule has 382 valence electrons. The average Bonchev–Trinajstić information content (AvgIpc) is 3.82. The first kappa shape index (κ1) is 61.1. The summed E-state index contributed by atoms with van der Waals surface area (Å²) in [4.78, 5) is 32.5. The topological polar surface area (TPSA) is 93.9 Å². The fourth-order valence-corrected chi connectivity index (χ4v) is 9.32. The third-order valence-corrected chi connectivity index (χ3v) is 13.6. The zero-order valence-electron chi connectivity index (χ0n) is 43.7. The Balaban J connectivity index is 2.44. The summed E-state index contributed by atoms with van der Waals surface area (Å²) in [5.41, 5.74) is 0. The molecule has 0 saturated heterocycles. The van der Waals surface area contributed by atoms with E-state index in [4.69, 9.17) is 9.47 Å². The SMILES string of the molecule is CCCCCCCCC(CCCCCCCC)OC(=O)CCCCCCCN(CCCCn1ccnc1)CC(O)CCCCCC(=O)OC(CCCCCCCC)CCCCCCCC. The van der Waals surface area contributed by atoms with Gasteiger partial charge >= 0.3 is 11.9 Å². The number of esters is 2. The minimum Gasteiger partial charge on any atom is -0.462 e. The number of carbonyl (C=O) groups excluding carboxylic acids is 2. The normalized spacial score (nSPS) is 12.2. The molecule has 8 nitrogen and oxygen atoms in total. The number of carbonyl (C=O) groups is 2. The Morgan fingerprint density at radius 3 is 1.25 bits per heavy atom. The highest BCUT2D eigenvalue weighted by Crippen LogP contribution is 2.21. The molecule has 1 aromatic heterocycles. The third kappa shape index (κ3) is 40.8. The number of ether oxygens (including phenoxy) is 2. The van der Waals surface area contributed by atoms with E-state index >= 15 is 0 Å². The van der Waals surface area contributed by atoms with Gasteiger partial charge in [0.05, 0.1) is 12.4 Å². The van der Waals surface area contributed by atoms with Crippen LogP contribution >= 0.6 is 0 Å². The quantitative estimate of drug-likeness (QED) is 0.0514. The summed E-state index contributed by atoms with van der Waals surface area (Å²) in [6.45, 7) is 12.7. The Bertz CT molecular complexity index is 1100. The van der Waals surface area contributed by atoms with Crippen molar-refractivity contribution in [2.75, 3.05) is 19.6 Å². The van der Waals surface area contributed by atoms with Gasteiger partial charge in [0.25, 0.3) is 0 Å². The van der Waals surface area contributed by atoms with Crippen LogP contribution in [0.15, 0.2) is 18.7 Å². The lowest BCUT2D eigenvalue weighted by Crippen LogP contribution is -2.34. The van der Waals surface area contributed by atoms with Crippen molar-refractivity contribution in [3.05, 3.63) is 18.7 Å². The lowest BCUT2D eigenvalue weighted by atomic mass is 10.0. The molecule has 0 saturated carbocycles. The lowest BCUT2D eigenvalue weighted by Gasteiger charge is -2.25. The maximum Gasteiger partial charge on any atom is 0.306 e. The Morgan fingerprint density at radius 1 is 0.477 bits per heavy atom. The Hall–Kier alpha value is -1.93. The second-order valence-corrected chi connectivity index (χ2v) is 20.0. The molecular formula is C57H109N3O5. The molecule has 0 bridgehead atoms. The van der Waals surface area contributed by atoms with Gasteiger partial charge < -0.3 is 24.0 Å². The first-order valence-corrected chi connectivity index (χ1v) is 28.7. The first-order chi connectivity index (χ1) is 31.9. The van der Waals surface area contributed by atoms with Gasteiger partial charge in [-0.05, 0) is 103 Å². The van der Waals surface area contributed by atoms with Crippen molar-refractivity contribution in [3.63, 3.8) is 0 Å². The monoisotopic (exact) mass is 916 g/mol. The fraction of sp³-hybridized carbons (Fsp3) is 0.912. The summed E-state index contributed by atoms with van der Waals surface area (Å²) >= 11 is 0. The van der Waals surface area contributed by atoms with Gasteiger partial charge in [0.1, 0.15) is 12.2 Å². The molecule has 65 heavy (non-hydrogen) atoms. The first-order valence-electron chi connectivity index (χ1n) is 28.7. The average molecular weight is 917 g/mol. The molecule has 1 rings (SSSR count). The molecule has 1 N–H and O–H groups in total. The summed E-state index contributed by atoms with van der Waals surface area (Å²) in [6, 6.07) is 0. The van der Waals surface area contributed by atoms with Crippen molar-refractivity contribution in [1.29, 1.82) is 0 Å². The number of unbranched alkanes of at least 4 members (excludes halogenated alkanes) is 27. The van der Waals surface area contributed by atoms with E-state index in [2.05, 4.69) is 42.1 Å². The van der Waals surface area contributed by atoms with Gasteiger partial charge in [-0.2, -0.15) is 0 Å². The van der Waals surface area contributed by atoms with E-state index in [1.54, 1.807) is 0 Å². The Morgan fingerprint density at radius 2 is 0.831 bits per heavy atom. The Kier molecular flexibility index (Phi) is 44.3. The van der Waals surface area contributed by atoms with Gasteiger partial charge in [-0.1, -0.05) is 188 Å². The molecule has 0 aromatic carbocycles. The summed E-state index contributed by atoms with van der Waals surface area (Å²) in [6.07, 6.45) is 52.2. The van der Waals surface area contributed by atoms with E-state index in [1.807, 2.05) is 18.7 Å². The number of hydrogen-bond acceptors (Lipinski definition) is 7. The number of aliphatic hydroxyl groups is 1. The fourth-order valence-electron chi connectivity index (χ4n) is 9.32. The minimum absolute atomic E-state index is 0.00833. The van der Waals surface area contributed by atoms with Gasteiger partial charge in [-0.25, -0.2) is 4.98 Å². The second kappa shape index (κ2) is 47.1. The van der Waals surface area contributed by atoms with Crippen molar-refractivity contribution in [2.45, 2.75) is 316 Å². The zero-order valence-corrected chi connectivity index (χ0v) is 43.7. The molecule has 1 unspecified atom stereocenters. The summed E-state index contributed by atoms with van der Waals surface area (Å²) in [7, 11) is 0. The largest absolute Gasteiger partial charge is 0.462 e. The van der Waals surface area contributed by atoms with E-state index in [0.717, 1.165) is 129 Å². The van der Waals surface area contributed by atoms with Crippen LogP contribution in [-0.4, -0.2) is 69.4 Å².